The van der Waals surface area contributed by atoms with Gasteiger partial charge in [-0.25, -0.2) is 4.57 Å². The zero-order chi connectivity index (χ0) is 40.7. The molecule has 0 aliphatic rings. The number of hydrogen-bond donors (Lipinski definition) is 3. The van der Waals surface area contributed by atoms with Crippen molar-refractivity contribution in [1.29, 1.82) is 0 Å². The summed E-state index contributed by atoms with van der Waals surface area (Å²) in [6.45, 7) is 4.83. The second-order valence-electron chi connectivity index (χ2n) is 17.5. The van der Waals surface area contributed by atoms with E-state index in [9.17, 15) is 19.4 Å². The zero-order valence-electron chi connectivity index (χ0n) is 37.2. The average molecular weight is 802 g/mol. The maximum atomic E-state index is 12.9. The first kappa shape index (κ1) is 54.2. The van der Waals surface area contributed by atoms with Crippen LogP contribution in [0.1, 0.15) is 226 Å². The number of aliphatic hydroxyl groups excluding tert-OH is 1. The molecule has 3 atom stereocenters. The molecule has 1 unspecified atom stereocenters. The normalized spacial score (nSPS) is 14.4. The number of likely N-dealkylation sites (N-methyl/N-ethyl adjacent to an activating group) is 1. The van der Waals surface area contributed by atoms with Gasteiger partial charge in [-0.1, -0.05) is 212 Å². The van der Waals surface area contributed by atoms with Crippen molar-refractivity contribution in [1.82, 2.24) is 5.32 Å². The molecule has 0 aromatic rings. The summed E-state index contributed by atoms with van der Waals surface area (Å²) in [6.07, 6.45) is 44.2. The van der Waals surface area contributed by atoms with Crippen LogP contribution in [0.4, 0.5) is 0 Å². The lowest BCUT2D eigenvalue weighted by molar-refractivity contribution is -0.870. The highest BCUT2D eigenvalue weighted by Gasteiger charge is 2.27. The van der Waals surface area contributed by atoms with Crippen molar-refractivity contribution in [2.24, 2.45) is 0 Å². The minimum Gasteiger partial charge on any atom is -0.387 e. The number of carbonyl (C=O) groups is 1. The molecule has 55 heavy (non-hydrogen) atoms. The third-order valence-electron chi connectivity index (χ3n) is 10.8. The van der Waals surface area contributed by atoms with Crippen LogP contribution in [0.2, 0.25) is 0 Å². The molecule has 0 radical (unpaired) electrons. The third-order valence-corrected chi connectivity index (χ3v) is 11.7. The Morgan fingerprint density at radius 1 is 0.600 bits per heavy atom. The molecule has 0 aliphatic heterocycles. The van der Waals surface area contributed by atoms with Crippen LogP contribution in [0.25, 0.3) is 0 Å². The lowest BCUT2D eigenvalue weighted by atomic mass is 10.0. The molecule has 0 aliphatic carbocycles. The summed E-state index contributed by atoms with van der Waals surface area (Å²) in [7, 11) is 1.58. The van der Waals surface area contributed by atoms with Crippen LogP contribution in [-0.2, 0) is 18.4 Å². The summed E-state index contributed by atoms with van der Waals surface area (Å²) in [5, 5.41) is 13.8. The van der Waals surface area contributed by atoms with Crippen LogP contribution < -0.4 is 5.32 Å². The van der Waals surface area contributed by atoms with E-state index >= 15 is 0 Å². The van der Waals surface area contributed by atoms with Gasteiger partial charge in [0, 0.05) is 6.42 Å². The van der Waals surface area contributed by atoms with Crippen LogP contribution in [0, 0.1) is 0 Å². The smallest absolute Gasteiger partial charge is 0.387 e. The topological polar surface area (TPSA) is 105 Å². The number of phosphoric acid groups is 1. The lowest BCUT2D eigenvalue weighted by Gasteiger charge is -2.25. The Bertz CT molecular complexity index is 911. The van der Waals surface area contributed by atoms with E-state index in [-0.39, 0.29) is 19.1 Å². The highest BCUT2D eigenvalue weighted by atomic mass is 31.2. The Labute approximate surface area is 342 Å². The van der Waals surface area contributed by atoms with Crippen LogP contribution in [0.5, 0.6) is 0 Å². The Morgan fingerprint density at radius 2 is 0.964 bits per heavy atom. The van der Waals surface area contributed by atoms with Gasteiger partial charge in [-0.3, -0.25) is 13.8 Å². The second-order valence-corrected chi connectivity index (χ2v) is 18.9. The van der Waals surface area contributed by atoms with E-state index in [1.807, 2.05) is 27.2 Å². The molecule has 1 amide bonds. The lowest BCUT2D eigenvalue weighted by Crippen LogP contribution is -2.45. The fourth-order valence-electron chi connectivity index (χ4n) is 6.98. The first-order chi connectivity index (χ1) is 26.5. The van der Waals surface area contributed by atoms with Gasteiger partial charge in [0.2, 0.25) is 5.91 Å². The maximum Gasteiger partial charge on any atom is 0.472 e. The van der Waals surface area contributed by atoms with E-state index in [1.54, 1.807) is 6.08 Å². The minimum atomic E-state index is -4.33. The minimum absolute atomic E-state index is 0.0647. The molecule has 328 valence electrons. The number of nitrogens with zero attached hydrogens (tertiary/aromatic N) is 1. The van der Waals surface area contributed by atoms with Crippen LogP contribution in [-0.4, -0.2) is 73.4 Å². The quantitative estimate of drug-likeness (QED) is 0.0245. The summed E-state index contributed by atoms with van der Waals surface area (Å²) < 4.78 is 23.6. The number of phosphoric ester groups is 1. The van der Waals surface area contributed by atoms with Crippen molar-refractivity contribution in [3.63, 3.8) is 0 Å². The number of quaternary nitrogens is 1. The molecule has 0 saturated carbocycles. The number of allylic oxidation sites excluding steroid dienone is 1. The molecular formula is C46H94N2O6P+. The molecule has 0 spiro atoms. The molecule has 0 heterocycles. The van der Waals surface area contributed by atoms with Crippen LogP contribution in [0.3, 0.4) is 0 Å². The van der Waals surface area contributed by atoms with Gasteiger partial charge in [-0.05, 0) is 19.3 Å². The van der Waals surface area contributed by atoms with Crippen molar-refractivity contribution in [2.45, 2.75) is 238 Å². The van der Waals surface area contributed by atoms with Crippen molar-refractivity contribution in [3.8, 4) is 0 Å². The Hall–Kier alpha value is -0.760. The number of nitrogens with one attached hydrogen (secondary N) is 1. The van der Waals surface area contributed by atoms with E-state index < -0.39 is 20.0 Å². The van der Waals surface area contributed by atoms with E-state index in [1.165, 1.54) is 167 Å². The number of unbranched alkanes of at least 4 members (excludes halogenated alkanes) is 30. The first-order valence-electron chi connectivity index (χ1n) is 23.6. The molecule has 9 heteroatoms. The highest BCUT2D eigenvalue weighted by molar-refractivity contribution is 7.47. The number of carbonyl (C=O) groups excluding carboxylic acids is 1. The fourth-order valence-corrected chi connectivity index (χ4v) is 7.72. The first-order valence-corrected chi connectivity index (χ1v) is 25.1. The van der Waals surface area contributed by atoms with Crippen molar-refractivity contribution in [3.05, 3.63) is 12.2 Å². The molecule has 0 aromatic heterocycles. The number of amides is 1. The predicted molar refractivity (Wildman–Crippen MR) is 235 cm³/mol. The third kappa shape index (κ3) is 41.2. The van der Waals surface area contributed by atoms with E-state index in [0.29, 0.717) is 17.4 Å². The summed E-state index contributed by atoms with van der Waals surface area (Å²) in [5.74, 6) is -0.173. The van der Waals surface area contributed by atoms with E-state index in [0.717, 1.165) is 38.5 Å². The highest BCUT2D eigenvalue weighted by Crippen LogP contribution is 2.43. The van der Waals surface area contributed by atoms with Crippen LogP contribution in [0.15, 0.2) is 12.2 Å². The molecule has 0 fully saturated rings. The monoisotopic (exact) mass is 802 g/mol. The largest absolute Gasteiger partial charge is 0.472 e. The van der Waals surface area contributed by atoms with Gasteiger partial charge >= 0.3 is 7.82 Å². The summed E-state index contributed by atoms with van der Waals surface area (Å²) in [5.41, 5.74) is 0. The molecule has 0 saturated heterocycles. The van der Waals surface area contributed by atoms with E-state index in [2.05, 4.69) is 19.2 Å². The molecular weight excluding hydrogens is 707 g/mol. The summed E-state index contributed by atoms with van der Waals surface area (Å²) in [4.78, 5) is 23.1. The standard InChI is InChI=1S/C46H93N2O6P/c1-6-8-10-12-14-16-18-20-22-23-24-25-26-28-30-32-34-36-38-40-46(50)47-44(43-54-55(51,52)53-42-41-48(3,4)5)45(49)39-37-35-33-31-29-27-21-19-17-15-13-11-9-7-2/h37,39,44-45,49H,6-36,38,40-43H2,1-5H3,(H-,47,50,51,52)/p+1/b39-37+/t44-,45+/m0/s1. The molecule has 3 N–H and O–H groups in total. The van der Waals surface area contributed by atoms with Gasteiger partial charge in [0.25, 0.3) is 0 Å². The number of aliphatic hydroxyl groups is 1. The Balaban J connectivity index is 4.32. The zero-order valence-corrected chi connectivity index (χ0v) is 38.1. The predicted octanol–water partition coefficient (Wildman–Crippen LogP) is 13.1. The Morgan fingerprint density at radius 3 is 1.35 bits per heavy atom. The van der Waals surface area contributed by atoms with Crippen LogP contribution >= 0.6 is 7.82 Å². The average Bonchev–Trinajstić information content (AvgIpc) is 3.13. The Kier molecular flexibility index (Phi) is 38.2. The van der Waals surface area contributed by atoms with Gasteiger partial charge in [-0.15, -0.1) is 0 Å². The van der Waals surface area contributed by atoms with Gasteiger partial charge in [0.05, 0.1) is 39.9 Å². The van der Waals surface area contributed by atoms with Gasteiger partial charge < -0.3 is 19.8 Å². The van der Waals surface area contributed by atoms with E-state index in [4.69, 9.17) is 9.05 Å². The fraction of sp³-hybridized carbons (Fsp3) is 0.935. The van der Waals surface area contributed by atoms with Gasteiger partial charge in [-0.2, -0.15) is 0 Å². The molecule has 0 bridgehead atoms. The number of hydrogen-bond acceptors (Lipinski definition) is 5. The summed E-state index contributed by atoms with van der Waals surface area (Å²) >= 11 is 0. The molecule has 0 aromatic carbocycles. The number of rotatable bonds is 43. The van der Waals surface area contributed by atoms with Gasteiger partial charge in [0.1, 0.15) is 13.2 Å². The summed E-state index contributed by atoms with van der Waals surface area (Å²) in [6, 6.07) is -0.839. The van der Waals surface area contributed by atoms with Crippen molar-refractivity contribution >= 4 is 13.7 Å². The van der Waals surface area contributed by atoms with Gasteiger partial charge in [0.15, 0.2) is 0 Å². The second kappa shape index (κ2) is 38.7. The maximum absolute atomic E-state index is 12.9. The molecule has 0 rings (SSSR count). The molecule has 8 nitrogen and oxygen atoms in total. The SMILES string of the molecule is CCCCCCCCCCCCCC/C=C/[C@@H](O)[C@H](COP(=O)(O)OCC[N+](C)(C)C)NC(=O)CCCCCCCCCCCCCCCCCCCCC. The van der Waals surface area contributed by atoms with Crippen molar-refractivity contribution < 1.29 is 32.9 Å². The van der Waals surface area contributed by atoms with Crippen molar-refractivity contribution in [2.75, 3.05) is 40.9 Å².